The van der Waals surface area contributed by atoms with Crippen LogP contribution in [0.3, 0.4) is 0 Å². The number of aryl methyl sites for hydroxylation is 1. The van der Waals surface area contributed by atoms with E-state index in [1.807, 2.05) is 5.32 Å². The molecule has 4 rings (SSSR count). The van der Waals surface area contributed by atoms with Gasteiger partial charge in [-0.05, 0) is 54.4 Å². The molecule has 0 atom stereocenters. The van der Waals surface area contributed by atoms with Gasteiger partial charge >= 0.3 is 12.4 Å². The maximum Gasteiger partial charge on any atom is 0.422 e. The van der Waals surface area contributed by atoms with E-state index >= 15 is 0 Å². The van der Waals surface area contributed by atoms with E-state index in [9.17, 15) is 31.1 Å². The van der Waals surface area contributed by atoms with E-state index in [0.717, 1.165) is 0 Å². The van der Waals surface area contributed by atoms with Crippen LogP contribution in [-0.2, 0) is 0 Å². The molecular weight excluding hydrogens is 504 g/mol. The van der Waals surface area contributed by atoms with Crippen molar-refractivity contribution in [1.29, 1.82) is 0 Å². The van der Waals surface area contributed by atoms with Crippen molar-refractivity contribution in [3.8, 4) is 16.9 Å². The smallest absolute Gasteiger partial charge is 0.422 e. The average Bonchev–Trinajstić information content (AvgIpc) is 3.23. The molecule has 37 heavy (non-hydrogen) atoms. The van der Waals surface area contributed by atoms with Gasteiger partial charge in [0.15, 0.2) is 12.3 Å². The number of pyridine rings is 1. The molecule has 0 spiro atoms. The summed E-state index contributed by atoms with van der Waals surface area (Å²) in [6.07, 6.45) is -7.44. The monoisotopic (exact) mass is 523 g/mol. The number of nitrogens with one attached hydrogen (secondary N) is 2. The number of hydrogen-bond acceptors (Lipinski definition) is 5. The van der Waals surface area contributed by atoms with Crippen molar-refractivity contribution in [1.82, 2.24) is 19.9 Å². The number of hydrogen-bond donors (Lipinski definition) is 2. The molecule has 2 aromatic heterocycles. The van der Waals surface area contributed by atoms with Crippen molar-refractivity contribution in [2.45, 2.75) is 19.3 Å². The molecule has 2 aromatic carbocycles. The van der Waals surface area contributed by atoms with E-state index in [1.54, 1.807) is 43.5 Å². The van der Waals surface area contributed by atoms with Crippen molar-refractivity contribution < 1.29 is 35.9 Å². The van der Waals surface area contributed by atoms with E-state index < -0.39 is 31.4 Å². The number of aromatic nitrogens is 3. The summed E-state index contributed by atoms with van der Waals surface area (Å²) in [6.45, 7) is -1.19. The van der Waals surface area contributed by atoms with E-state index in [0.29, 0.717) is 22.3 Å². The highest BCUT2D eigenvalue weighted by Gasteiger charge is 2.29. The highest BCUT2D eigenvalue weighted by atomic mass is 19.4. The molecule has 4 aromatic rings. The minimum absolute atomic E-state index is 0.0162. The maximum atomic E-state index is 12.6. The number of carbonyl (C=O) groups is 1. The lowest BCUT2D eigenvalue weighted by Gasteiger charge is -2.13. The zero-order chi connectivity index (χ0) is 26.8. The first-order valence-corrected chi connectivity index (χ1v) is 10.8. The summed E-state index contributed by atoms with van der Waals surface area (Å²) in [5.41, 5.74) is 2.55. The molecule has 7 nitrogen and oxygen atoms in total. The fourth-order valence-electron chi connectivity index (χ4n) is 3.36. The van der Waals surface area contributed by atoms with Gasteiger partial charge < -0.3 is 15.4 Å². The van der Waals surface area contributed by atoms with Crippen molar-refractivity contribution in [3.63, 3.8) is 0 Å². The molecule has 2 heterocycles. The summed E-state index contributed by atoms with van der Waals surface area (Å²) in [7, 11) is 0. The maximum absolute atomic E-state index is 12.6. The lowest BCUT2D eigenvalue weighted by Crippen LogP contribution is -2.33. The standard InChI is InChI=1S/C24H19F6N5O2/c1-14-5-7-18(19(9-14)37-13-24(28,29)30)32-22-33-20-8-6-17(11-35(20)34-22)15-3-2-4-16(10-15)21(36)31-12-23(25,26)27/h2-11H,12-13H2,1H3,(H,31,36)(H,32,34). The normalized spacial score (nSPS) is 12.0. The number of carbonyl (C=O) groups excluding carboxylic acids is 1. The van der Waals surface area contributed by atoms with Crippen LogP contribution in [0.5, 0.6) is 5.75 Å². The molecule has 13 heteroatoms. The number of halogens is 6. The van der Waals surface area contributed by atoms with Gasteiger partial charge in [-0.2, -0.15) is 31.3 Å². The van der Waals surface area contributed by atoms with E-state index in [1.165, 1.54) is 28.8 Å². The second kappa shape index (κ2) is 9.99. The molecule has 0 bridgehead atoms. The van der Waals surface area contributed by atoms with Crippen LogP contribution in [0, 0.1) is 6.92 Å². The lowest BCUT2D eigenvalue weighted by atomic mass is 10.0. The topological polar surface area (TPSA) is 80.6 Å². The van der Waals surface area contributed by atoms with Crippen LogP contribution in [0.15, 0.2) is 60.8 Å². The number of benzene rings is 2. The number of nitrogens with zero attached hydrogens (tertiary/aromatic N) is 3. The zero-order valence-electron chi connectivity index (χ0n) is 19.1. The van der Waals surface area contributed by atoms with Gasteiger partial charge in [-0.3, -0.25) is 4.79 Å². The molecule has 194 valence electrons. The van der Waals surface area contributed by atoms with E-state index in [4.69, 9.17) is 4.74 Å². The number of alkyl halides is 6. The minimum Gasteiger partial charge on any atom is -0.482 e. The molecule has 1 amide bonds. The van der Waals surface area contributed by atoms with Crippen molar-refractivity contribution in [2.75, 3.05) is 18.5 Å². The first-order chi connectivity index (χ1) is 17.4. The number of anilines is 2. The third-order valence-electron chi connectivity index (χ3n) is 5.01. The van der Waals surface area contributed by atoms with Crippen LogP contribution >= 0.6 is 0 Å². The van der Waals surface area contributed by atoms with Crippen LogP contribution in [-0.4, -0.2) is 46.0 Å². The Morgan fingerprint density at radius 3 is 2.49 bits per heavy atom. The second-order valence-electron chi connectivity index (χ2n) is 8.06. The third-order valence-corrected chi connectivity index (χ3v) is 5.01. The quantitative estimate of drug-likeness (QED) is 0.305. The van der Waals surface area contributed by atoms with Gasteiger partial charge in [0.05, 0.1) is 5.69 Å². The Bertz CT molecular complexity index is 1430. The first kappa shape index (κ1) is 25.8. The average molecular weight is 523 g/mol. The third kappa shape index (κ3) is 6.90. The summed E-state index contributed by atoms with van der Waals surface area (Å²) in [4.78, 5) is 16.4. The Kier molecular flexibility index (Phi) is 6.96. The van der Waals surface area contributed by atoms with Crippen LogP contribution < -0.4 is 15.4 Å². The molecule has 0 unspecified atom stereocenters. The zero-order valence-corrected chi connectivity index (χ0v) is 19.1. The van der Waals surface area contributed by atoms with Gasteiger partial charge in [-0.25, -0.2) is 4.52 Å². The van der Waals surface area contributed by atoms with Crippen molar-refractivity contribution in [2.24, 2.45) is 0 Å². The largest absolute Gasteiger partial charge is 0.482 e. The predicted molar refractivity (Wildman–Crippen MR) is 123 cm³/mol. The van der Waals surface area contributed by atoms with E-state index in [-0.39, 0.29) is 22.9 Å². The molecule has 0 aliphatic carbocycles. The fraction of sp³-hybridized carbons (Fsp3) is 0.208. The number of rotatable bonds is 7. The highest BCUT2D eigenvalue weighted by Crippen LogP contribution is 2.30. The summed E-state index contributed by atoms with van der Waals surface area (Å²) >= 11 is 0. The van der Waals surface area contributed by atoms with E-state index in [2.05, 4.69) is 15.4 Å². The summed E-state index contributed by atoms with van der Waals surface area (Å²) in [5, 5.41) is 8.97. The number of fused-ring (bicyclic) bond motifs is 1. The molecule has 0 saturated heterocycles. The SMILES string of the molecule is Cc1ccc(Nc2nc3ccc(-c4cccc(C(=O)NCC(F)(F)F)c4)cn3n2)c(OCC(F)(F)F)c1. The van der Waals surface area contributed by atoms with Crippen LogP contribution in [0.4, 0.5) is 38.0 Å². The first-order valence-electron chi connectivity index (χ1n) is 10.8. The predicted octanol–water partition coefficient (Wildman–Crippen LogP) is 5.68. The molecule has 2 N–H and O–H groups in total. The Hall–Kier alpha value is -4.29. The van der Waals surface area contributed by atoms with Crippen LogP contribution in [0.25, 0.3) is 16.8 Å². The molecule has 0 radical (unpaired) electrons. The summed E-state index contributed by atoms with van der Waals surface area (Å²) in [6, 6.07) is 14.1. The Morgan fingerprint density at radius 1 is 0.973 bits per heavy atom. The van der Waals surface area contributed by atoms with Crippen LogP contribution in [0.2, 0.25) is 0 Å². The van der Waals surface area contributed by atoms with Gasteiger partial charge in [0, 0.05) is 17.3 Å². The van der Waals surface area contributed by atoms with Gasteiger partial charge in [0.1, 0.15) is 12.3 Å². The highest BCUT2D eigenvalue weighted by molar-refractivity contribution is 5.95. The second-order valence-corrected chi connectivity index (χ2v) is 8.06. The lowest BCUT2D eigenvalue weighted by molar-refractivity contribution is -0.153. The van der Waals surface area contributed by atoms with Crippen molar-refractivity contribution >= 4 is 23.2 Å². The van der Waals surface area contributed by atoms with Crippen LogP contribution in [0.1, 0.15) is 15.9 Å². The minimum atomic E-state index is -4.53. The molecule has 0 aliphatic heterocycles. The Morgan fingerprint density at radius 2 is 1.76 bits per heavy atom. The number of amides is 1. The molecule has 0 saturated carbocycles. The molecular formula is C24H19F6N5O2. The summed E-state index contributed by atoms with van der Waals surface area (Å²) in [5.74, 6) is -0.787. The van der Waals surface area contributed by atoms with Crippen molar-refractivity contribution in [3.05, 3.63) is 71.9 Å². The van der Waals surface area contributed by atoms with Gasteiger partial charge in [-0.15, -0.1) is 5.10 Å². The Labute approximate surface area is 206 Å². The van der Waals surface area contributed by atoms with Gasteiger partial charge in [-0.1, -0.05) is 18.2 Å². The fourth-order valence-corrected chi connectivity index (χ4v) is 3.36. The molecule has 0 fully saturated rings. The van der Waals surface area contributed by atoms with Gasteiger partial charge in [0.25, 0.3) is 5.91 Å². The Balaban J connectivity index is 1.55. The summed E-state index contributed by atoms with van der Waals surface area (Å²) < 4.78 is 81.4. The van der Waals surface area contributed by atoms with Gasteiger partial charge in [0.2, 0.25) is 5.95 Å². The number of ether oxygens (including phenoxy) is 1. The molecule has 0 aliphatic rings.